The van der Waals surface area contributed by atoms with Gasteiger partial charge in [-0.3, -0.25) is 9.59 Å². The molecule has 3 aromatic rings. The van der Waals surface area contributed by atoms with Crippen LogP contribution in [0, 0.1) is 6.92 Å². The highest BCUT2D eigenvalue weighted by Crippen LogP contribution is 2.31. The Balaban J connectivity index is 1.42. The molecule has 1 aliphatic heterocycles. The molecule has 1 aliphatic rings. The average molecular weight is 442 g/mol. The molecule has 0 unspecified atom stereocenters. The van der Waals surface area contributed by atoms with Crippen molar-refractivity contribution in [2.45, 2.75) is 25.8 Å². The molecule has 7 nitrogen and oxygen atoms in total. The number of methoxy groups -OCH3 is 1. The maximum atomic E-state index is 13.2. The normalized spacial score (nSPS) is 14.5. The number of aryl methyl sites for hydroxylation is 1. The van der Waals surface area contributed by atoms with E-state index in [-0.39, 0.29) is 17.9 Å². The lowest BCUT2D eigenvalue weighted by Crippen LogP contribution is -2.46. The van der Waals surface area contributed by atoms with Crippen molar-refractivity contribution in [2.75, 3.05) is 20.2 Å². The second-order valence-corrected chi connectivity index (χ2v) is 7.95. The fourth-order valence-electron chi connectivity index (χ4n) is 3.78. The second-order valence-electron chi connectivity index (χ2n) is 7.54. The summed E-state index contributed by atoms with van der Waals surface area (Å²) in [6.45, 7) is 2.86. The quantitative estimate of drug-likeness (QED) is 0.647. The van der Waals surface area contributed by atoms with Gasteiger partial charge in [0.25, 0.3) is 11.8 Å². The first-order chi connectivity index (χ1) is 15.0. The standard InChI is InChI=1S/C23H24ClN3O4/c1-15-5-6-20(31-15)22(28)25-16-7-11-27(12-8-16)23(29)17-13-18(24)19(14-21(17)30-2)26-9-3-4-10-26/h3-6,9-10,13-14,16H,7-8,11-12H2,1-2H3,(H,25,28). The molecule has 1 aromatic carbocycles. The maximum absolute atomic E-state index is 13.2. The summed E-state index contributed by atoms with van der Waals surface area (Å²) in [6, 6.07) is 10.6. The van der Waals surface area contributed by atoms with Gasteiger partial charge in [-0.05, 0) is 50.1 Å². The molecule has 0 spiro atoms. The van der Waals surface area contributed by atoms with E-state index in [1.165, 1.54) is 7.11 Å². The molecule has 0 bridgehead atoms. The zero-order valence-electron chi connectivity index (χ0n) is 17.4. The zero-order valence-corrected chi connectivity index (χ0v) is 18.2. The molecule has 4 rings (SSSR count). The van der Waals surface area contributed by atoms with Crippen LogP contribution >= 0.6 is 11.6 Å². The zero-order chi connectivity index (χ0) is 22.0. The van der Waals surface area contributed by atoms with Gasteiger partial charge in [-0.1, -0.05) is 11.6 Å². The third-order valence-electron chi connectivity index (χ3n) is 5.46. The van der Waals surface area contributed by atoms with Crippen molar-refractivity contribution >= 4 is 23.4 Å². The molecule has 0 saturated carbocycles. The summed E-state index contributed by atoms with van der Waals surface area (Å²) in [4.78, 5) is 27.2. The molecule has 1 fully saturated rings. The number of carbonyl (C=O) groups excluding carboxylic acids is 2. The lowest BCUT2D eigenvalue weighted by Gasteiger charge is -2.32. The van der Waals surface area contributed by atoms with E-state index < -0.39 is 0 Å². The van der Waals surface area contributed by atoms with Gasteiger partial charge in [0.05, 0.1) is 23.4 Å². The molecule has 3 heterocycles. The van der Waals surface area contributed by atoms with Crippen LogP contribution in [0.3, 0.4) is 0 Å². The first-order valence-corrected chi connectivity index (χ1v) is 10.5. The molecule has 31 heavy (non-hydrogen) atoms. The molecule has 0 atom stereocenters. The highest BCUT2D eigenvalue weighted by Gasteiger charge is 2.27. The first kappa shape index (κ1) is 21.1. The van der Waals surface area contributed by atoms with Crippen LogP contribution in [0.5, 0.6) is 5.75 Å². The van der Waals surface area contributed by atoms with Gasteiger partial charge in [-0.25, -0.2) is 0 Å². The maximum Gasteiger partial charge on any atom is 0.287 e. The van der Waals surface area contributed by atoms with Gasteiger partial charge in [-0.15, -0.1) is 0 Å². The van der Waals surface area contributed by atoms with Gasteiger partial charge in [-0.2, -0.15) is 0 Å². The number of benzene rings is 1. The van der Waals surface area contributed by atoms with Crippen LogP contribution in [0.1, 0.15) is 39.5 Å². The van der Waals surface area contributed by atoms with Crippen molar-refractivity contribution in [3.63, 3.8) is 0 Å². The smallest absolute Gasteiger partial charge is 0.287 e. The van der Waals surface area contributed by atoms with Gasteiger partial charge in [0, 0.05) is 37.6 Å². The number of nitrogens with one attached hydrogen (secondary N) is 1. The molecule has 162 valence electrons. The SMILES string of the molecule is COc1cc(-n2cccc2)c(Cl)cc1C(=O)N1CCC(NC(=O)c2ccc(C)o2)CC1. The Morgan fingerprint density at radius 2 is 1.87 bits per heavy atom. The Morgan fingerprint density at radius 1 is 1.16 bits per heavy atom. The highest BCUT2D eigenvalue weighted by atomic mass is 35.5. The van der Waals surface area contributed by atoms with Crippen LogP contribution in [0.25, 0.3) is 5.69 Å². The largest absolute Gasteiger partial charge is 0.496 e. The van der Waals surface area contributed by atoms with E-state index in [2.05, 4.69) is 5.32 Å². The number of halogens is 1. The number of furan rings is 1. The molecule has 1 saturated heterocycles. The van der Waals surface area contributed by atoms with Gasteiger partial charge in [0.15, 0.2) is 5.76 Å². The van der Waals surface area contributed by atoms with E-state index in [0.29, 0.717) is 53.8 Å². The minimum absolute atomic E-state index is 0.0106. The van der Waals surface area contributed by atoms with Gasteiger partial charge in [0.1, 0.15) is 11.5 Å². The van der Waals surface area contributed by atoms with E-state index in [9.17, 15) is 9.59 Å². The number of carbonyl (C=O) groups is 2. The number of rotatable bonds is 5. The topological polar surface area (TPSA) is 76.7 Å². The first-order valence-electron chi connectivity index (χ1n) is 10.1. The third-order valence-corrected chi connectivity index (χ3v) is 5.77. The molecular weight excluding hydrogens is 418 g/mol. The van der Waals surface area contributed by atoms with Crippen molar-refractivity contribution < 1.29 is 18.7 Å². The highest BCUT2D eigenvalue weighted by molar-refractivity contribution is 6.33. The predicted octanol–water partition coefficient (Wildman–Crippen LogP) is 4.08. The van der Waals surface area contributed by atoms with Crippen molar-refractivity contribution in [2.24, 2.45) is 0 Å². The number of hydrogen-bond donors (Lipinski definition) is 1. The minimum Gasteiger partial charge on any atom is -0.496 e. The number of ether oxygens (including phenoxy) is 1. The van der Waals surface area contributed by atoms with E-state index >= 15 is 0 Å². The van der Waals surface area contributed by atoms with Crippen molar-refractivity contribution in [3.8, 4) is 11.4 Å². The predicted molar refractivity (Wildman–Crippen MR) is 117 cm³/mol. The number of amides is 2. The van der Waals surface area contributed by atoms with Crippen LogP contribution in [0.2, 0.25) is 5.02 Å². The number of nitrogens with zero attached hydrogens (tertiary/aromatic N) is 2. The van der Waals surface area contributed by atoms with Crippen LogP contribution < -0.4 is 10.1 Å². The Hall–Kier alpha value is -3.19. The second kappa shape index (κ2) is 8.89. The van der Waals surface area contributed by atoms with E-state index in [4.69, 9.17) is 20.8 Å². The molecule has 0 aliphatic carbocycles. The van der Waals surface area contributed by atoms with E-state index in [0.717, 1.165) is 5.69 Å². The van der Waals surface area contributed by atoms with Crippen molar-refractivity contribution in [3.05, 3.63) is 70.9 Å². The van der Waals surface area contributed by atoms with E-state index in [1.54, 1.807) is 36.1 Å². The Kier molecular flexibility index (Phi) is 6.04. The number of hydrogen-bond acceptors (Lipinski definition) is 4. The van der Waals surface area contributed by atoms with Crippen LogP contribution in [-0.4, -0.2) is 47.5 Å². The molecule has 1 N–H and O–H groups in total. The van der Waals surface area contributed by atoms with E-state index in [1.807, 2.05) is 29.1 Å². The number of piperidine rings is 1. The summed E-state index contributed by atoms with van der Waals surface area (Å²) in [5.41, 5.74) is 1.17. The van der Waals surface area contributed by atoms with Gasteiger partial charge < -0.3 is 23.9 Å². The van der Waals surface area contributed by atoms with Crippen molar-refractivity contribution in [1.29, 1.82) is 0 Å². The minimum atomic E-state index is -0.230. The Morgan fingerprint density at radius 3 is 2.48 bits per heavy atom. The Labute approximate surface area is 185 Å². The number of aromatic nitrogens is 1. The summed E-state index contributed by atoms with van der Waals surface area (Å²) in [5.74, 6) is 1.11. The molecule has 2 amide bonds. The molecule has 0 radical (unpaired) electrons. The van der Waals surface area contributed by atoms with Gasteiger partial charge in [0.2, 0.25) is 0 Å². The molecule has 8 heteroatoms. The fraction of sp³-hybridized carbons (Fsp3) is 0.304. The average Bonchev–Trinajstić information content (AvgIpc) is 3.45. The summed E-state index contributed by atoms with van der Waals surface area (Å²) >= 11 is 6.47. The lowest BCUT2D eigenvalue weighted by atomic mass is 10.0. The monoisotopic (exact) mass is 441 g/mol. The van der Waals surface area contributed by atoms with Crippen LogP contribution in [-0.2, 0) is 0 Å². The summed E-state index contributed by atoms with van der Waals surface area (Å²) < 4.78 is 12.7. The number of likely N-dealkylation sites (tertiary alicyclic amines) is 1. The van der Waals surface area contributed by atoms with Crippen LogP contribution in [0.15, 0.2) is 53.2 Å². The molecule has 2 aromatic heterocycles. The summed E-state index contributed by atoms with van der Waals surface area (Å²) in [5, 5.41) is 3.45. The Bertz CT molecular complexity index is 1080. The van der Waals surface area contributed by atoms with Gasteiger partial charge >= 0.3 is 0 Å². The molecular formula is C23H24ClN3O4. The third kappa shape index (κ3) is 4.46. The summed E-state index contributed by atoms with van der Waals surface area (Å²) in [6.07, 6.45) is 5.08. The summed E-state index contributed by atoms with van der Waals surface area (Å²) in [7, 11) is 1.54. The fourth-order valence-corrected chi connectivity index (χ4v) is 4.04. The van der Waals surface area contributed by atoms with Crippen LogP contribution in [0.4, 0.5) is 0 Å². The lowest BCUT2D eigenvalue weighted by molar-refractivity contribution is 0.0692. The van der Waals surface area contributed by atoms with Crippen molar-refractivity contribution in [1.82, 2.24) is 14.8 Å².